The zero-order valence-electron chi connectivity index (χ0n) is 26.4. The van der Waals surface area contributed by atoms with Gasteiger partial charge in [0.2, 0.25) is 5.91 Å². The van der Waals surface area contributed by atoms with Crippen LogP contribution in [0.3, 0.4) is 0 Å². The lowest BCUT2D eigenvalue weighted by Crippen LogP contribution is -2.67. The number of hydrogen-bond donors (Lipinski definition) is 0. The summed E-state index contributed by atoms with van der Waals surface area (Å²) in [6, 6.07) is -0.152. The SMILES string of the molecule is CN1CC23CCC(CN(C2)c2nc(nc4c(F)c(Cl)ncc24)OC[C@]24CCCN2C[C@@H](C4)OCCC1=O)N3C(=O)OC(C)(C)C. The normalized spacial score (nSPS) is 30.8. The first-order valence-electron chi connectivity index (χ1n) is 15.9. The summed E-state index contributed by atoms with van der Waals surface area (Å²) >= 11 is 6.12. The van der Waals surface area contributed by atoms with E-state index in [2.05, 4.69) is 19.8 Å². The van der Waals surface area contributed by atoms with E-state index < -0.39 is 23.1 Å². The number of halogens is 2. The predicted molar refractivity (Wildman–Crippen MR) is 164 cm³/mol. The van der Waals surface area contributed by atoms with Gasteiger partial charge < -0.3 is 24.0 Å². The van der Waals surface area contributed by atoms with E-state index in [-0.39, 0.29) is 46.7 Å². The highest BCUT2D eigenvalue weighted by Gasteiger charge is 2.56. The summed E-state index contributed by atoms with van der Waals surface area (Å²) in [5.41, 5.74) is -1.67. The maximum atomic E-state index is 15.5. The summed E-state index contributed by atoms with van der Waals surface area (Å²) < 4.78 is 34.0. The van der Waals surface area contributed by atoms with Crippen LogP contribution in [0.25, 0.3) is 10.9 Å². The Morgan fingerprint density at radius 3 is 2.80 bits per heavy atom. The van der Waals surface area contributed by atoms with Gasteiger partial charge in [-0.1, -0.05) is 11.6 Å². The number of carbonyl (C=O) groups is 2. The summed E-state index contributed by atoms with van der Waals surface area (Å²) in [6.45, 7) is 8.95. The van der Waals surface area contributed by atoms with Crippen LogP contribution in [0.15, 0.2) is 6.20 Å². The monoisotopic (exact) mass is 645 g/mol. The van der Waals surface area contributed by atoms with Gasteiger partial charge >= 0.3 is 12.1 Å². The number of likely N-dealkylation sites (N-methyl/N-ethyl adjacent to an activating group) is 1. The van der Waals surface area contributed by atoms with Gasteiger partial charge in [0.25, 0.3) is 0 Å². The molecular weight excluding hydrogens is 605 g/mol. The Kier molecular flexibility index (Phi) is 7.52. The molecule has 0 N–H and O–H groups in total. The van der Waals surface area contributed by atoms with Crippen molar-refractivity contribution in [2.24, 2.45) is 0 Å². The van der Waals surface area contributed by atoms with Crippen molar-refractivity contribution in [3.63, 3.8) is 0 Å². The van der Waals surface area contributed by atoms with Gasteiger partial charge in [-0.15, -0.1) is 0 Å². The fourth-order valence-electron chi connectivity index (χ4n) is 8.21. The van der Waals surface area contributed by atoms with Crippen molar-refractivity contribution in [3.8, 4) is 6.01 Å². The number of fused-ring (bicyclic) bond motifs is 8. The molecule has 4 saturated heterocycles. The van der Waals surface area contributed by atoms with E-state index in [1.807, 2.05) is 25.7 Å². The second-order valence-electron chi connectivity index (χ2n) is 14.4. The molecule has 5 aliphatic heterocycles. The largest absolute Gasteiger partial charge is 0.461 e. The number of rotatable bonds is 0. The molecule has 7 rings (SSSR count). The van der Waals surface area contributed by atoms with Gasteiger partial charge in [-0.2, -0.15) is 9.97 Å². The van der Waals surface area contributed by atoms with Gasteiger partial charge in [0, 0.05) is 39.4 Å². The number of piperazine rings is 1. The summed E-state index contributed by atoms with van der Waals surface area (Å²) in [5.74, 6) is -0.325. The van der Waals surface area contributed by atoms with Gasteiger partial charge in [0.15, 0.2) is 11.0 Å². The molecule has 0 aliphatic carbocycles. The molecule has 12 nitrogen and oxygen atoms in total. The lowest BCUT2D eigenvalue weighted by Gasteiger charge is -2.50. The standard InChI is InChI=1S/C31H41ClFN7O5/c1-29(2,3)45-28(42)40-19-6-9-31(40)16-37(4)22(41)7-11-43-20-12-30(8-5-10-39(30)15-20)18-44-27-35-24-21(13-34-25(32)23(24)33)26(36-27)38(14-19)17-31/h13,19-20H,5-12,14-18H2,1-4H3/t19?,20-,30-,31?/m1/s1. The van der Waals surface area contributed by atoms with Crippen LogP contribution in [0.5, 0.6) is 6.01 Å². The number of hydrogen-bond acceptors (Lipinski definition) is 10. The number of nitrogens with zero attached hydrogens (tertiary/aromatic N) is 7. The maximum Gasteiger partial charge on any atom is 0.411 e. The fourth-order valence-corrected chi connectivity index (χ4v) is 8.35. The van der Waals surface area contributed by atoms with E-state index in [0.29, 0.717) is 56.9 Å². The van der Waals surface area contributed by atoms with E-state index in [0.717, 1.165) is 32.4 Å². The minimum atomic E-state index is -0.774. The Morgan fingerprint density at radius 2 is 2.00 bits per heavy atom. The lowest BCUT2D eigenvalue weighted by molar-refractivity contribution is -0.133. The quantitative estimate of drug-likeness (QED) is 0.394. The van der Waals surface area contributed by atoms with Crippen molar-refractivity contribution in [1.29, 1.82) is 0 Å². The Labute approximate surface area is 267 Å². The summed E-state index contributed by atoms with van der Waals surface area (Å²) in [7, 11) is 1.78. The van der Waals surface area contributed by atoms with Crippen LogP contribution in [0.4, 0.5) is 15.0 Å². The third kappa shape index (κ3) is 5.44. The molecule has 2 amide bonds. The van der Waals surface area contributed by atoms with Crippen LogP contribution >= 0.6 is 11.6 Å². The summed E-state index contributed by atoms with van der Waals surface area (Å²) in [6.07, 6.45) is 5.42. The van der Waals surface area contributed by atoms with Crippen LogP contribution in [-0.4, -0.2) is 123 Å². The van der Waals surface area contributed by atoms with Crippen molar-refractivity contribution in [3.05, 3.63) is 17.2 Å². The topological polar surface area (TPSA) is 113 Å². The first kappa shape index (κ1) is 30.6. The molecular formula is C31H41ClFN7O5. The molecule has 5 aliphatic rings. The molecule has 244 valence electrons. The van der Waals surface area contributed by atoms with Crippen molar-refractivity contribution < 1.29 is 28.2 Å². The van der Waals surface area contributed by atoms with Crippen LogP contribution in [0.2, 0.25) is 5.15 Å². The molecule has 2 aromatic rings. The number of pyridine rings is 1. The molecule has 0 radical (unpaired) electrons. The van der Waals surface area contributed by atoms with E-state index in [4.69, 9.17) is 30.8 Å². The highest BCUT2D eigenvalue weighted by molar-refractivity contribution is 6.30. The molecule has 2 aromatic heterocycles. The van der Waals surface area contributed by atoms with Crippen molar-refractivity contribution >= 4 is 40.3 Å². The Hall–Kier alpha value is -3.03. The molecule has 4 atom stereocenters. The predicted octanol–water partition coefficient (Wildman–Crippen LogP) is 3.64. The van der Waals surface area contributed by atoms with E-state index in [1.165, 1.54) is 6.20 Å². The number of anilines is 1. The van der Waals surface area contributed by atoms with Gasteiger partial charge in [-0.05, 0) is 59.4 Å². The van der Waals surface area contributed by atoms with Gasteiger partial charge in [-0.3, -0.25) is 14.6 Å². The molecule has 45 heavy (non-hydrogen) atoms. The van der Waals surface area contributed by atoms with Gasteiger partial charge in [0.1, 0.15) is 23.5 Å². The number of amides is 2. The fraction of sp³-hybridized carbons (Fsp3) is 0.710. The van der Waals surface area contributed by atoms with E-state index in [1.54, 1.807) is 11.9 Å². The van der Waals surface area contributed by atoms with Crippen molar-refractivity contribution in [2.75, 3.05) is 57.9 Å². The van der Waals surface area contributed by atoms with E-state index >= 15 is 4.39 Å². The average molecular weight is 646 g/mol. The Bertz CT molecular complexity index is 1530. The van der Waals surface area contributed by atoms with Crippen LogP contribution in [-0.2, 0) is 14.3 Å². The molecule has 0 saturated carbocycles. The zero-order valence-corrected chi connectivity index (χ0v) is 27.1. The third-order valence-corrected chi connectivity index (χ3v) is 10.4. The highest BCUT2D eigenvalue weighted by atomic mass is 35.5. The number of aromatic nitrogens is 3. The zero-order chi connectivity index (χ0) is 31.7. The second-order valence-corrected chi connectivity index (χ2v) is 14.7. The summed E-state index contributed by atoms with van der Waals surface area (Å²) in [4.78, 5) is 48.6. The second kappa shape index (κ2) is 11.0. The molecule has 2 unspecified atom stereocenters. The first-order valence-corrected chi connectivity index (χ1v) is 16.3. The highest BCUT2D eigenvalue weighted by Crippen LogP contribution is 2.44. The maximum absolute atomic E-state index is 15.5. The number of ether oxygens (including phenoxy) is 3. The lowest BCUT2D eigenvalue weighted by atomic mass is 9.93. The van der Waals surface area contributed by atoms with Gasteiger partial charge in [0.05, 0.1) is 41.6 Å². The molecule has 4 fully saturated rings. The smallest absolute Gasteiger partial charge is 0.411 e. The Morgan fingerprint density at radius 1 is 1.18 bits per heavy atom. The Balaban J connectivity index is 1.32. The molecule has 2 spiro atoms. The minimum absolute atomic E-state index is 0.0275. The van der Waals surface area contributed by atoms with Crippen LogP contribution in [0, 0.1) is 5.82 Å². The van der Waals surface area contributed by atoms with E-state index in [9.17, 15) is 9.59 Å². The molecule has 7 heterocycles. The number of carbonyl (C=O) groups excluding carboxylic acids is 2. The molecule has 14 heteroatoms. The average Bonchev–Trinajstić information content (AvgIpc) is 3.59. The molecule has 0 aromatic carbocycles. The van der Waals surface area contributed by atoms with Crippen molar-refractivity contribution in [2.45, 2.75) is 88.1 Å². The van der Waals surface area contributed by atoms with Gasteiger partial charge in [-0.25, -0.2) is 14.2 Å². The minimum Gasteiger partial charge on any atom is -0.461 e. The van der Waals surface area contributed by atoms with Crippen LogP contribution < -0.4 is 9.64 Å². The molecule has 7 bridgehead atoms. The third-order valence-electron chi connectivity index (χ3n) is 10.1. The first-order chi connectivity index (χ1) is 21.4. The van der Waals surface area contributed by atoms with Crippen LogP contribution in [0.1, 0.15) is 59.3 Å². The summed E-state index contributed by atoms with van der Waals surface area (Å²) in [5, 5.41) is 0.126. The van der Waals surface area contributed by atoms with Crippen molar-refractivity contribution in [1.82, 2.24) is 29.7 Å².